The Morgan fingerprint density at radius 3 is 1.74 bits per heavy atom. The fourth-order valence-electron chi connectivity index (χ4n) is 5.50. The fourth-order valence-corrected chi connectivity index (χ4v) is 5.90. The van der Waals surface area contributed by atoms with Gasteiger partial charge in [0.2, 0.25) is 0 Å². The van der Waals surface area contributed by atoms with Crippen molar-refractivity contribution in [3.05, 3.63) is 99.0 Å². The number of carbonyl (C=O) groups excluding carboxylic acids is 2. The molecule has 3 aromatic rings. The Morgan fingerprint density at radius 1 is 0.806 bits per heavy atom. The Kier molecular flexibility index (Phi) is 3.96. The molecule has 0 saturated carbocycles. The molecule has 31 heavy (non-hydrogen) atoms. The van der Waals surface area contributed by atoms with Crippen molar-refractivity contribution in [2.75, 3.05) is 0 Å². The zero-order valence-electron chi connectivity index (χ0n) is 16.3. The summed E-state index contributed by atoms with van der Waals surface area (Å²) < 4.78 is 0.521. The van der Waals surface area contributed by atoms with E-state index in [1.165, 1.54) is 12.3 Å². The number of rotatable bonds is 2. The molecule has 152 valence electrons. The SMILES string of the molecule is O=C1C2C3c4ccccc4C(c4ccccc43)C2C(=O)N1/N=C/c1ccc(O)c(Br)c1. The zero-order valence-corrected chi connectivity index (χ0v) is 17.9. The monoisotopic (exact) mass is 472 g/mol. The molecule has 0 radical (unpaired) electrons. The molecular formula is C25H17BrN2O3. The Hall–Kier alpha value is -3.25. The topological polar surface area (TPSA) is 70.0 Å². The molecule has 5 nitrogen and oxygen atoms in total. The maximum atomic E-state index is 13.4. The number of amides is 2. The van der Waals surface area contributed by atoms with Gasteiger partial charge in [-0.25, -0.2) is 0 Å². The van der Waals surface area contributed by atoms with Crippen LogP contribution in [-0.4, -0.2) is 28.1 Å². The lowest BCUT2D eigenvalue weighted by molar-refractivity contribution is -0.139. The van der Waals surface area contributed by atoms with Crippen LogP contribution in [0.2, 0.25) is 0 Å². The first kappa shape index (κ1) is 18.5. The van der Waals surface area contributed by atoms with Crippen LogP contribution in [0.3, 0.4) is 0 Å². The van der Waals surface area contributed by atoms with Crippen LogP contribution >= 0.6 is 15.9 Å². The van der Waals surface area contributed by atoms with Gasteiger partial charge in [-0.15, -0.1) is 0 Å². The first-order valence-electron chi connectivity index (χ1n) is 10.1. The van der Waals surface area contributed by atoms with Gasteiger partial charge in [-0.05, 0) is 61.9 Å². The Bertz CT molecular complexity index is 1190. The van der Waals surface area contributed by atoms with E-state index in [0.29, 0.717) is 10.0 Å². The van der Waals surface area contributed by atoms with E-state index in [1.54, 1.807) is 12.1 Å². The van der Waals surface area contributed by atoms with Crippen molar-refractivity contribution in [3.8, 4) is 5.75 Å². The number of phenols is 1. The maximum absolute atomic E-state index is 13.4. The zero-order chi connectivity index (χ0) is 21.3. The van der Waals surface area contributed by atoms with Gasteiger partial charge < -0.3 is 5.11 Å². The summed E-state index contributed by atoms with van der Waals surface area (Å²) in [6.45, 7) is 0. The highest BCUT2D eigenvalue weighted by Crippen LogP contribution is 2.60. The molecule has 2 atom stereocenters. The molecule has 3 aromatic carbocycles. The molecule has 1 aliphatic heterocycles. The van der Waals surface area contributed by atoms with Crippen LogP contribution in [0.4, 0.5) is 0 Å². The van der Waals surface area contributed by atoms with E-state index < -0.39 is 11.8 Å². The highest BCUT2D eigenvalue weighted by molar-refractivity contribution is 9.10. The predicted octanol–water partition coefficient (Wildman–Crippen LogP) is 4.38. The summed E-state index contributed by atoms with van der Waals surface area (Å²) in [7, 11) is 0. The summed E-state index contributed by atoms with van der Waals surface area (Å²) in [5.41, 5.74) is 5.24. The second-order valence-electron chi connectivity index (χ2n) is 8.21. The van der Waals surface area contributed by atoms with Crippen LogP contribution in [0.5, 0.6) is 5.75 Å². The van der Waals surface area contributed by atoms with Gasteiger partial charge in [-0.1, -0.05) is 48.5 Å². The van der Waals surface area contributed by atoms with Crippen LogP contribution in [0.25, 0.3) is 0 Å². The highest BCUT2D eigenvalue weighted by atomic mass is 79.9. The van der Waals surface area contributed by atoms with Gasteiger partial charge in [0.1, 0.15) is 5.75 Å². The molecule has 7 rings (SSSR count). The standard InChI is InChI=1S/C25H17BrN2O3/c26-18-11-13(9-10-19(18)29)12-27-28-24(30)22-20-14-5-1-2-6-15(14)21(23(22)25(28)31)17-8-4-3-7-16(17)20/h1-12,20-23,29H/b27-12+. The van der Waals surface area contributed by atoms with Crippen LogP contribution in [0.15, 0.2) is 76.3 Å². The van der Waals surface area contributed by atoms with E-state index in [2.05, 4.69) is 45.3 Å². The second-order valence-corrected chi connectivity index (χ2v) is 9.06. The van der Waals surface area contributed by atoms with Crippen molar-refractivity contribution in [2.45, 2.75) is 11.8 Å². The van der Waals surface area contributed by atoms with Crippen LogP contribution < -0.4 is 0 Å². The summed E-state index contributed by atoms with van der Waals surface area (Å²) in [5, 5.41) is 15.0. The molecular weight excluding hydrogens is 456 g/mol. The number of imide groups is 1. The van der Waals surface area contributed by atoms with Crippen LogP contribution in [-0.2, 0) is 9.59 Å². The van der Waals surface area contributed by atoms with Gasteiger partial charge in [0.05, 0.1) is 22.5 Å². The summed E-state index contributed by atoms with van der Waals surface area (Å²) in [6.07, 6.45) is 1.49. The third-order valence-corrected chi connectivity index (χ3v) is 7.35. The average molecular weight is 473 g/mol. The summed E-state index contributed by atoms with van der Waals surface area (Å²) in [6, 6.07) is 21.2. The summed E-state index contributed by atoms with van der Waals surface area (Å²) in [4.78, 5) is 26.9. The largest absolute Gasteiger partial charge is 0.507 e. The van der Waals surface area contributed by atoms with Gasteiger partial charge >= 0.3 is 0 Å². The number of benzene rings is 3. The van der Waals surface area contributed by atoms with E-state index >= 15 is 0 Å². The number of hydrogen-bond donors (Lipinski definition) is 1. The lowest BCUT2D eigenvalue weighted by Crippen LogP contribution is -2.41. The predicted molar refractivity (Wildman–Crippen MR) is 119 cm³/mol. The van der Waals surface area contributed by atoms with E-state index in [9.17, 15) is 14.7 Å². The average Bonchev–Trinajstić information content (AvgIpc) is 3.05. The molecule has 0 aromatic heterocycles. The van der Waals surface area contributed by atoms with Gasteiger partial charge in [-0.3, -0.25) is 9.59 Å². The van der Waals surface area contributed by atoms with Gasteiger partial charge in [-0.2, -0.15) is 10.1 Å². The minimum absolute atomic E-state index is 0.114. The van der Waals surface area contributed by atoms with Crippen molar-refractivity contribution in [1.82, 2.24) is 5.01 Å². The molecule has 1 fully saturated rings. The number of phenolic OH excluding ortho intramolecular Hbond substituents is 1. The highest BCUT2D eigenvalue weighted by Gasteiger charge is 2.61. The first-order chi connectivity index (χ1) is 15.1. The van der Waals surface area contributed by atoms with Crippen molar-refractivity contribution in [3.63, 3.8) is 0 Å². The van der Waals surface area contributed by atoms with Crippen molar-refractivity contribution < 1.29 is 14.7 Å². The van der Waals surface area contributed by atoms with E-state index in [4.69, 9.17) is 0 Å². The molecule has 1 N–H and O–H groups in total. The third kappa shape index (κ3) is 2.51. The number of halogens is 1. The number of nitrogens with zero attached hydrogens (tertiary/aromatic N) is 2. The Morgan fingerprint density at radius 2 is 1.29 bits per heavy atom. The molecule has 2 unspecified atom stereocenters. The number of hydrogen-bond acceptors (Lipinski definition) is 4. The Balaban J connectivity index is 1.44. The van der Waals surface area contributed by atoms with Crippen molar-refractivity contribution in [1.29, 1.82) is 0 Å². The lowest BCUT2D eigenvalue weighted by Gasteiger charge is -2.45. The number of aromatic hydroxyl groups is 1. The molecule has 1 heterocycles. The van der Waals surface area contributed by atoms with E-state index in [-0.39, 0.29) is 29.4 Å². The molecule has 6 heteroatoms. The maximum Gasteiger partial charge on any atom is 0.254 e. The van der Waals surface area contributed by atoms with Crippen LogP contribution in [0, 0.1) is 11.8 Å². The smallest absolute Gasteiger partial charge is 0.254 e. The summed E-state index contributed by atoms with van der Waals surface area (Å²) >= 11 is 3.27. The lowest BCUT2D eigenvalue weighted by atomic mass is 9.55. The summed E-state index contributed by atoms with van der Waals surface area (Å²) in [5.74, 6) is -1.53. The first-order valence-corrected chi connectivity index (χ1v) is 10.9. The third-order valence-electron chi connectivity index (χ3n) is 6.72. The molecule has 2 amide bonds. The van der Waals surface area contributed by atoms with Gasteiger partial charge in [0.25, 0.3) is 11.8 Å². The second kappa shape index (κ2) is 6.62. The molecule has 0 spiro atoms. The van der Waals surface area contributed by atoms with E-state index in [1.807, 2.05) is 24.3 Å². The number of carbonyl (C=O) groups is 2. The Labute approximate surface area is 187 Å². The van der Waals surface area contributed by atoms with Gasteiger partial charge in [0.15, 0.2) is 0 Å². The van der Waals surface area contributed by atoms with Crippen molar-refractivity contribution in [2.24, 2.45) is 16.9 Å². The van der Waals surface area contributed by atoms with Gasteiger partial charge in [0, 0.05) is 11.8 Å². The van der Waals surface area contributed by atoms with Crippen molar-refractivity contribution >= 4 is 34.0 Å². The molecule has 2 bridgehead atoms. The van der Waals surface area contributed by atoms with E-state index in [0.717, 1.165) is 27.3 Å². The minimum atomic E-state index is -0.439. The normalized spacial score (nSPS) is 25.6. The minimum Gasteiger partial charge on any atom is -0.507 e. The molecule has 4 aliphatic rings. The fraction of sp³-hybridized carbons (Fsp3) is 0.160. The number of hydrazone groups is 1. The van der Waals surface area contributed by atoms with Crippen LogP contribution in [0.1, 0.15) is 39.7 Å². The molecule has 3 aliphatic carbocycles. The molecule has 1 saturated heterocycles. The quantitative estimate of drug-likeness (QED) is 0.444.